The van der Waals surface area contributed by atoms with Crippen molar-refractivity contribution in [1.82, 2.24) is 19.7 Å². The van der Waals surface area contributed by atoms with Gasteiger partial charge in [0.05, 0.1) is 10.9 Å². The van der Waals surface area contributed by atoms with Crippen LogP contribution in [0.15, 0.2) is 82.3 Å². The van der Waals surface area contributed by atoms with Crippen LogP contribution in [0.4, 0.5) is 14.6 Å². The van der Waals surface area contributed by atoms with E-state index in [1.165, 1.54) is 48.3 Å². The Hall–Kier alpha value is -4.92. The van der Waals surface area contributed by atoms with E-state index in [1.807, 2.05) is 24.3 Å². The molecule has 3 aromatic heterocycles. The molecule has 7 nitrogen and oxygen atoms in total. The summed E-state index contributed by atoms with van der Waals surface area (Å²) in [5.74, 6) is -0.832. The van der Waals surface area contributed by atoms with Crippen LogP contribution in [0.25, 0.3) is 44.4 Å². The summed E-state index contributed by atoms with van der Waals surface area (Å²) in [6.07, 6.45) is 2.23. The predicted molar refractivity (Wildman–Crippen MR) is 146 cm³/mol. The maximum atomic E-state index is 14.8. The lowest BCUT2D eigenvalue weighted by Gasteiger charge is -2.17. The average Bonchev–Trinajstić information content (AvgIpc) is 3.33. The normalized spacial score (nSPS) is 12.3. The van der Waals surface area contributed by atoms with Crippen LogP contribution in [0, 0.1) is 11.6 Å². The van der Waals surface area contributed by atoms with Gasteiger partial charge in [-0.25, -0.2) is 23.4 Å². The first-order chi connectivity index (χ1) is 18.9. The van der Waals surface area contributed by atoms with Crippen LogP contribution in [0.5, 0.6) is 0 Å². The van der Waals surface area contributed by atoms with E-state index in [-0.39, 0.29) is 33.7 Å². The van der Waals surface area contributed by atoms with Crippen molar-refractivity contribution in [3.63, 3.8) is 0 Å². The van der Waals surface area contributed by atoms with Gasteiger partial charge in [-0.3, -0.25) is 4.79 Å². The smallest absolute Gasteiger partial charge is 0.203 e. The summed E-state index contributed by atoms with van der Waals surface area (Å²) in [4.78, 5) is 22.3. The highest BCUT2D eigenvalue weighted by molar-refractivity contribution is 5.98. The first-order valence-electron chi connectivity index (χ1n) is 12.5. The lowest BCUT2D eigenvalue weighted by molar-refractivity contribution is 0.445. The van der Waals surface area contributed by atoms with Crippen molar-refractivity contribution in [3.05, 3.63) is 106 Å². The molecule has 1 atom stereocenters. The highest BCUT2D eigenvalue weighted by Gasteiger charge is 2.27. The first kappa shape index (κ1) is 24.4. The molecule has 0 aliphatic rings. The van der Waals surface area contributed by atoms with E-state index in [4.69, 9.17) is 15.2 Å². The summed E-state index contributed by atoms with van der Waals surface area (Å²) in [6.45, 7) is 3.85. The molecule has 1 unspecified atom stereocenters. The Morgan fingerprint density at radius 2 is 1.74 bits per heavy atom. The van der Waals surface area contributed by atoms with Crippen molar-refractivity contribution in [2.24, 2.45) is 0 Å². The molecule has 0 spiro atoms. The topological polar surface area (TPSA) is 99.8 Å². The van der Waals surface area contributed by atoms with Crippen molar-refractivity contribution in [2.75, 3.05) is 5.73 Å². The molecule has 194 valence electrons. The fourth-order valence-corrected chi connectivity index (χ4v) is 4.90. The van der Waals surface area contributed by atoms with Crippen LogP contribution in [-0.2, 0) is 6.42 Å². The maximum Gasteiger partial charge on any atom is 0.203 e. The summed E-state index contributed by atoms with van der Waals surface area (Å²) in [7, 11) is 0. The third-order valence-electron chi connectivity index (χ3n) is 6.91. The molecule has 0 bridgehead atoms. The highest BCUT2D eigenvalue weighted by atomic mass is 19.1. The minimum atomic E-state index is -0.721. The molecule has 3 heterocycles. The molecule has 0 saturated heterocycles. The number of hydrogen-bond donors (Lipinski definition) is 1. The largest absolute Gasteiger partial charge is 0.458 e. The van der Waals surface area contributed by atoms with Gasteiger partial charge < -0.3 is 10.2 Å². The van der Waals surface area contributed by atoms with Crippen LogP contribution in [0.1, 0.15) is 31.2 Å². The van der Waals surface area contributed by atoms with E-state index in [0.717, 1.165) is 12.0 Å². The van der Waals surface area contributed by atoms with Crippen LogP contribution in [0.3, 0.4) is 0 Å². The number of nitrogens with two attached hydrogens (primary N) is 1. The van der Waals surface area contributed by atoms with E-state index in [0.29, 0.717) is 16.7 Å². The SMILES string of the molecule is CCc1ccc(-c2nn(C(C)c3oc4cccc(F)c4c(=O)c3-c3cccc(F)c3)c3ncnc(N)c23)cc1. The van der Waals surface area contributed by atoms with E-state index in [9.17, 15) is 13.6 Å². The number of nitrogen functional groups attached to an aromatic ring is 1. The Balaban J connectivity index is 1.63. The molecule has 0 aliphatic carbocycles. The Morgan fingerprint density at radius 1 is 0.974 bits per heavy atom. The fourth-order valence-electron chi connectivity index (χ4n) is 4.90. The molecular formula is C30H23F2N5O2. The number of aromatic nitrogens is 4. The minimum absolute atomic E-state index is 0.0409. The molecule has 3 aromatic carbocycles. The molecule has 0 radical (unpaired) electrons. The Kier molecular flexibility index (Phi) is 5.91. The van der Waals surface area contributed by atoms with Gasteiger partial charge >= 0.3 is 0 Å². The molecule has 9 heteroatoms. The van der Waals surface area contributed by atoms with Gasteiger partial charge in [-0.15, -0.1) is 0 Å². The van der Waals surface area contributed by atoms with Crippen LogP contribution < -0.4 is 11.2 Å². The number of hydrogen-bond acceptors (Lipinski definition) is 6. The number of rotatable bonds is 5. The molecule has 0 aliphatic heterocycles. The summed E-state index contributed by atoms with van der Waals surface area (Å²) in [6, 6.07) is 17.0. The van der Waals surface area contributed by atoms with Crippen LogP contribution in [0.2, 0.25) is 0 Å². The lowest BCUT2D eigenvalue weighted by Crippen LogP contribution is -2.17. The first-order valence-corrected chi connectivity index (χ1v) is 12.5. The van der Waals surface area contributed by atoms with Crippen molar-refractivity contribution in [1.29, 1.82) is 0 Å². The number of fused-ring (bicyclic) bond motifs is 2. The molecule has 2 N–H and O–H groups in total. The Morgan fingerprint density at radius 3 is 2.49 bits per heavy atom. The van der Waals surface area contributed by atoms with Crippen molar-refractivity contribution in [2.45, 2.75) is 26.3 Å². The van der Waals surface area contributed by atoms with Crippen molar-refractivity contribution >= 4 is 27.8 Å². The quantitative estimate of drug-likeness (QED) is 0.285. The maximum absolute atomic E-state index is 14.8. The number of nitrogens with zero attached hydrogens (tertiary/aromatic N) is 4. The number of aryl methyl sites for hydroxylation is 1. The van der Waals surface area contributed by atoms with E-state index >= 15 is 0 Å². The third kappa shape index (κ3) is 4.03. The van der Waals surface area contributed by atoms with Crippen LogP contribution >= 0.6 is 0 Å². The van der Waals surface area contributed by atoms with Crippen molar-refractivity contribution < 1.29 is 13.2 Å². The van der Waals surface area contributed by atoms with Gasteiger partial charge in [0.25, 0.3) is 0 Å². The third-order valence-corrected chi connectivity index (χ3v) is 6.91. The zero-order valence-electron chi connectivity index (χ0n) is 21.2. The van der Waals surface area contributed by atoms with Gasteiger partial charge in [0.1, 0.15) is 52.2 Å². The summed E-state index contributed by atoms with van der Waals surface area (Å²) >= 11 is 0. The Labute approximate surface area is 221 Å². The van der Waals surface area contributed by atoms with Gasteiger partial charge in [0.15, 0.2) is 5.65 Å². The second-order valence-corrected chi connectivity index (χ2v) is 9.27. The second kappa shape index (κ2) is 9.43. The number of halogens is 2. The zero-order chi connectivity index (χ0) is 27.3. The molecule has 0 fully saturated rings. The molecule has 39 heavy (non-hydrogen) atoms. The lowest BCUT2D eigenvalue weighted by atomic mass is 9.99. The highest BCUT2D eigenvalue weighted by Crippen LogP contribution is 2.36. The minimum Gasteiger partial charge on any atom is -0.458 e. The molecule has 6 rings (SSSR count). The Bertz CT molecular complexity index is 1930. The van der Waals surface area contributed by atoms with E-state index in [2.05, 4.69) is 16.9 Å². The fraction of sp³-hybridized carbons (Fsp3) is 0.133. The number of benzene rings is 3. The molecule has 6 aromatic rings. The zero-order valence-corrected chi connectivity index (χ0v) is 21.2. The van der Waals surface area contributed by atoms with Gasteiger partial charge in [0.2, 0.25) is 5.43 Å². The van der Waals surface area contributed by atoms with E-state index < -0.39 is 23.1 Å². The monoisotopic (exact) mass is 523 g/mol. The molecule has 0 amide bonds. The summed E-state index contributed by atoms with van der Waals surface area (Å²) < 4.78 is 36.9. The van der Waals surface area contributed by atoms with Gasteiger partial charge in [-0.1, -0.05) is 49.4 Å². The molecule has 0 saturated carbocycles. The summed E-state index contributed by atoms with van der Waals surface area (Å²) in [5.41, 5.74) is 9.04. The number of anilines is 1. The van der Waals surface area contributed by atoms with Crippen molar-refractivity contribution in [3.8, 4) is 22.4 Å². The average molecular weight is 524 g/mol. The van der Waals surface area contributed by atoms with E-state index in [1.54, 1.807) is 17.7 Å². The molecular weight excluding hydrogens is 500 g/mol. The predicted octanol–water partition coefficient (Wildman–Crippen LogP) is 6.30. The van der Waals surface area contributed by atoms with Gasteiger partial charge in [0, 0.05) is 5.56 Å². The van der Waals surface area contributed by atoms with Gasteiger partial charge in [-0.05, 0) is 48.7 Å². The standard InChI is InChI=1S/C30H23F2N5O2/c1-3-17-10-12-18(13-11-17)26-25-29(33)34-15-35-30(25)37(36-26)16(2)28-23(19-6-4-7-20(31)14-19)27(38)24-21(32)8-5-9-22(24)39-28/h4-16H,3H2,1-2H3,(H2,33,34,35). The summed E-state index contributed by atoms with van der Waals surface area (Å²) in [5, 5.41) is 5.20. The second-order valence-electron chi connectivity index (χ2n) is 9.27. The van der Waals surface area contributed by atoms with Gasteiger partial charge in [-0.2, -0.15) is 5.10 Å². The van der Waals surface area contributed by atoms with Crippen LogP contribution in [-0.4, -0.2) is 19.7 Å².